The van der Waals surface area contributed by atoms with Gasteiger partial charge in [0, 0.05) is 43.0 Å². The van der Waals surface area contributed by atoms with Gasteiger partial charge in [-0.15, -0.1) is 0 Å². The number of Topliss-reactive ketones (excluding diaryl/α,β-unsaturated/α-hetero) is 1. The van der Waals surface area contributed by atoms with E-state index in [9.17, 15) is 4.79 Å². The van der Waals surface area contributed by atoms with Crippen molar-refractivity contribution in [2.75, 3.05) is 18.8 Å². The highest BCUT2D eigenvalue weighted by molar-refractivity contribution is 8.00. The zero-order valence-electron chi connectivity index (χ0n) is 9.15. The van der Waals surface area contributed by atoms with E-state index in [1.165, 1.54) is 31.7 Å². The minimum absolute atomic E-state index is 0.505. The Bertz CT molecular complexity index is 268. The second-order valence-electron chi connectivity index (χ2n) is 5.30. The molecule has 1 saturated carbocycles. The molecule has 1 aliphatic carbocycles. The first kappa shape index (κ1) is 10.2. The van der Waals surface area contributed by atoms with E-state index in [0.29, 0.717) is 11.7 Å². The number of nitrogens with zero attached hydrogens (tertiary/aromatic N) is 1. The lowest BCUT2D eigenvalue weighted by Crippen LogP contribution is -2.38. The zero-order valence-corrected chi connectivity index (χ0v) is 9.97. The van der Waals surface area contributed by atoms with Gasteiger partial charge in [-0.1, -0.05) is 0 Å². The van der Waals surface area contributed by atoms with Gasteiger partial charge in [-0.05, 0) is 25.2 Å². The first-order valence-electron chi connectivity index (χ1n) is 6.18. The first-order chi connectivity index (χ1) is 7.31. The lowest BCUT2D eigenvalue weighted by atomic mass is 9.88. The van der Waals surface area contributed by atoms with Crippen molar-refractivity contribution in [2.24, 2.45) is 5.92 Å². The van der Waals surface area contributed by atoms with Crippen molar-refractivity contribution in [3.8, 4) is 0 Å². The fourth-order valence-corrected chi connectivity index (χ4v) is 4.80. The number of hydrogen-bond acceptors (Lipinski definition) is 3. The smallest absolute Gasteiger partial charge is 0.133 e. The summed E-state index contributed by atoms with van der Waals surface area (Å²) >= 11 is 2.15. The van der Waals surface area contributed by atoms with E-state index in [-0.39, 0.29) is 0 Å². The van der Waals surface area contributed by atoms with Crippen LogP contribution in [0.4, 0.5) is 0 Å². The van der Waals surface area contributed by atoms with E-state index in [1.54, 1.807) is 0 Å². The van der Waals surface area contributed by atoms with Crippen LogP contribution in [0.2, 0.25) is 0 Å². The number of thioether (sulfide) groups is 1. The summed E-state index contributed by atoms with van der Waals surface area (Å²) in [5, 5.41) is 0.911. The van der Waals surface area contributed by atoms with Gasteiger partial charge >= 0.3 is 0 Å². The molecule has 0 N–H and O–H groups in total. The maximum Gasteiger partial charge on any atom is 0.133 e. The van der Waals surface area contributed by atoms with Crippen molar-refractivity contribution >= 4 is 17.5 Å². The molecule has 0 aromatic carbocycles. The molecule has 2 heterocycles. The van der Waals surface area contributed by atoms with Gasteiger partial charge < -0.3 is 0 Å². The van der Waals surface area contributed by atoms with Gasteiger partial charge in [-0.25, -0.2) is 0 Å². The van der Waals surface area contributed by atoms with Crippen LogP contribution in [0.5, 0.6) is 0 Å². The highest BCUT2D eigenvalue weighted by Crippen LogP contribution is 2.38. The third-order valence-electron chi connectivity index (χ3n) is 4.09. The molecule has 84 valence electrons. The number of fused-ring (bicyclic) bond motifs is 2. The standard InChI is InChI=1S/C12H19NOS/c14-11-3-1-2-9(4-11)6-13-7-12-5-10(13)8-15-12/h9-10,12H,1-8H2. The fourth-order valence-electron chi connectivity index (χ4n) is 3.30. The Balaban J connectivity index is 1.54. The van der Waals surface area contributed by atoms with E-state index in [0.717, 1.165) is 30.6 Å². The van der Waals surface area contributed by atoms with Gasteiger partial charge in [0.25, 0.3) is 0 Å². The van der Waals surface area contributed by atoms with Gasteiger partial charge in [0.15, 0.2) is 0 Å². The summed E-state index contributed by atoms with van der Waals surface area (Å²) in [5.41, 5.74) is 0. The predicted molar refractivity (Wildman–Crippen MR) is 63.2 cm³/mol. The molecule has 0 spiro atoms. The maximum atomic E-state index is 11.4. The normalized spacial score (nSPS) is 41.3. The Kier molecular flexibility index (Phi) is 2.77. The lowest BCUT2D eigenvalue weighted by molar-refractivity contribution is -0.121. The molecular formula is C12H19NOS. The third-order valence-corrected chi connectivity index (χ3v) is 5.48. The van der Waals surface area contributed by atoms with Gasteiger partial charge in [0.05, 0.1) is 0 Å². The van der Waals surface area contributed by atoms with Crippen LogP contribution < -0.4 is 0 Å². The number of likely N-dealkylation sites (tertiary alicyclic amines) is 1. The quantitative estimate of drug-likeness (QED) is 0.716. The number of carbonyl (C=O) groups is 1. The SMILES string of the molecule is O=C1CCCC(CN2CC3CC2CS3)C1. The summed E-state index contributed by atoms with van der Waals surface area (Å²) in [6, 6.07) is 0.844. The predicted octanol–water partition coefficient (Wildman–Crippen LogP) is 1.94. The van der Waals surface area contributed by atoms with E-state index in [4.69, 9.17) is 0 Å². The summed E-state index contributed by atoms with van der Waals surface area (Å²) in [6.45, 7) is 2.49. The van der Waals surface area contributed by atoms with Crippen LogP contribution in [0, 0.1) is 5.92 Å². The van der Waals surface area contributed by atoms with E-state index < -0.39 is 0 Å². The molecule has 2 aliphatic heterocycles. The van der Waals surface area contributed by atoms with E-state index in [1.807, 2.05) is 0 Å². The topological polar surface area (TPSA) is 20.3 Å². The molecule has 3 aliphatic rings. The van der Waals surface area contributed by atoms with Crippen LogP contribution >= 0.6 is 11.8 Å². The van der Waals surface area contributed by atoms with Crippen molar-refractivity contribution in [3.05, 3.63) is 0 Å². The molecule has 3 unspecified atom stereocenters. The van der Waals surface area contributed by atoms with Crippen molar-refractivity contribution in [2.45, 2.75) is 43.4 Å². The molecule has 3 fully saturated rings. The average molecular weight is 225 g/mol. The van der Waals surface area contributed by atoms with Crippen molar-refractivity contribution in [1.82, 2.24) is 4.90 Å². The molecule has 3 atom stereocenters. The molecule has 0 aromatic rings. The highest BCUT2D eigenvalue weighted by Gasteiger charge is 2.39. The molecule has 0 radical (unpaired) electrons. The molecular weight excluding hydrogens is 206 g/mol. The van der Waals surface area contributed by atoms with Crippen LogP contribution in [-0.4, -0.2) is 40.8 Å². The van der Waals surface area contributed by atoms with Crippen LogP contribution in [0.1, 0.15) is 32.1 Å². The van der Waals surface area contributed by atoms with Crippen LogP contribution in [0.25, 0.3) is 0 Å². The zero-order chi connectivity index (χ0) is 10.3. The van der Waals surface area contributed by atoms with Crippen molar-refractivity contribution < 1.29 is 4.79 Å². The summed E-state index contributed by atoms with van der Waals surface area (Å²) in [7, 11) is 0. The van der Waals surface area contributed by atoms with Gasteiger partial charge in [0.1, 0.15) is 5.78 Å². The van der Waals surface area contributed by atoms with Crippen LogP contribution in [0.3, 0.4) is 0 Å². The van der Waals surface area contributed by atoms with Crippen molar-refractivity contribution in [1.29, 1.82) is 0 Å². The molecule has 2 saturated heterocycles. The van der Waals surface area contributed by atoms with Crippen molar-refractivity contribution in [3.63, 3.8) is 0 Å². The summed E-state index contributed by atoms with van der Waals surface area (Å²) in [6.07, 6.45) is 5.54. The third kappa shape index (κ3) is 2.09. The number of ketones is 1. The minimum Gasteiger partial charge on any atom is -0.300 e. The Hall–Kier alpha value is -0.0200. The Morgan fingerprint density at radius 3 is 3.07 bits per heavy atom. The molecule has 15 heavy (non-hydrogen) atoms. The minimum atomic E-state index is 0.505. The Morgan fingerprint density at radius 1 is 1.47 bits per heavy atom. The monoisotopic (exact) mass is 225 g/mol. The van der Waals surface area contributed by atoms with Gasteiger partial charge in [0.2, 0.25) is 0 Å². The van der Waals surface area contributed by atoms with E-state index >= 15 is 0 Å². The van der Waals surface area contributed by atoms with Crippen LogP contribution in [-0.2, 0) is 4.79 Å². The van der Waals surface area contributed by atoms with Gasteiger partial charge in [-0.3, -0.25) is 9.69 Å². The average Bonchev–Trinajstić information content (AvgIpc) is 2.79. The molecule has 0 amide bonds. The molecule has 2 nitrogen and oxygen atoms in total. The molecule has 0 aromatic heterocycles. The second-order valence-corrected chi connectivity index (χ2v) is 6.63. The molecule has 3 rings (SSSR count). The maximum absolute atomic E-state index is 11.4. The van der Waals surface area contributed by atoms with Gasteiger partial charge in [-0.2, -0.15) is 11.8 Å². The summed E-state index contributed by atoms with van der Waals surface area (Å²) < 4.78 is 0. The summed E-state index contributed by atoms with van der Waals surface area (Å²) in [5.74, 6) is 2.52. The Labute approximate surface area is 95.8 Å². The first-order valence-corrected chi connectivity index (χ1v) is 7.23. The lowest BCUT2D eigenvalue weighted by Gasteiger charge is -2.31. The van der Waals surface area contributed by atoms with E-state index in [2.05, 4.69) is 16.7 Å². The number of rotatable bonds is 2. The van der Waals surface area contributed by atoms with Crippen LogP contribution in [0.15, 0.2) is 0 Å². The highest BCUT2D eigenvalue weighted by atomic mass is 32.2. The second kappa shape index (κ2) is 4.10. The fraction of sp³-hybridized carbons (Fsp3) is 0.917. The molecule has 2 bridgehead atoms. The summed E-state index contributed by atoms with van der Waals surface area (Å²) in [4.78, 5) is 14.0. The molecule has 3 heteroatoms. The number of hydrogen-bond donors (Lipinski definition) is 0. The Morgan fingerprint density at radius 2 is 2.40 bits per heavy atom. The largest absolute Gasteiger partial charge is 0.300 e. The number of carbonyl (C=O) groups excluding carboxylic acids is 1.